The average Bonchev–Trinajstić information content (AvgIpc) is 2.54. The van der Waals surface area contributed by atoms with Crippen LogP contribution in [0, 0.1) is 0 Å². The summed E-state index contributed by atoms with van der Waals surface area (Å²) in [5.41, 5.74) is 6.14. The minimum atomic E-state index is -3.80. The van der Waals surface area contributed by atoms with E-state index < -0.39 is 16.1 Å². The number of ether oxygens (including phenoxy) is 1. The monoisotopic (exact) mass is 313 g/mol. The number of likely N-dealkylation sites (N-methyl/N-ethyl adjacent to an activating group) is 1. The Morgan fingerprint density at radius 3 is 2.86 bits per heavy atom. The second kappa shape index (κ2) is 6.52. The number of carbonyl (C=O) groups excluding carboxylic acids is 1. The van der Waals surface area contributed by atoms with Gasteiger partial charge in [-0.2, -0.15) is 4.31 Å². The van der Waals surface area contributed by atoms with E-state index in [0.29, 0.717) is 5.56 Å². The molecule has 0 spiro atoms. The number of rotatable bonds is 4. The third-order valence-electron chi connectivity index (χ3n) is 3.41. The summed E-state index contributed by atoms with van der Waals surface area (Å²) in [6, 6.07) is 5.69. The first-order valence-electron chi connectivity index (χ1n) is 6.61. The van der Waals surface area contributed by atoms with Gasteiger partial charge < -0.3 is 15.8 Å². The van der Waals surface area contributed by atoms with Crippen LogP contribution in [0.25, 0.3) is 0 Å². The number of nitrogens with two attached hydrogens (primary N) is 1. The van der Waals surface area contributed by atoms with Crippen molar-refractivity contribution in [3.05, 3.63) is 29.8 Å². The molecule has 1 aliphatic rings. The van der Waals surface area contributed by atoms with Crippen LogP contribution in [-0.4, -0.2) is 51.5 Å². The predicted octanol–water partition coefficient (Wildman–Crippen LogP) is -0.719. The average molecular weight is 313 g/mol. The van der Waals surface area contributed by atoms with Gasteiger partial charge in [0, 0.05) is 20.1 Å². The number of amides is 1. The van der Waals surface area contributed by atoms with Crippen LogP contribution in [0.2, 0.25) is 0 Å². The van der Waals surface area contributed by atoms with Crippen molar-refractivity contribution in [2.45, 2.75) is 17.5 Å². The van der Waals surface area contributed by atoms with E-state index in [1.165, 1.54) is 17.4 Å². The number of benzene rings is 1. The van der Waals surface area contributed by atoms with E-state index in [2.05, 4.69) is 5.32 Å². The minimum absolute atomic E-state index is 0.0453. The number of nitrogens with zero attached hydrogens (tertiary/aromatic N) is 1. The number of carbonyl (C=O) groups is 1. The Hall–Kier alpha value is -1.48. The van der Waals surface area contributed by atoms with Gasteiger partial charge in [-0.3, -0.25) is 4.79 Å². The van der Waals surface area contributed by atoms with Crippen LogP contribution in [-0.2, 0) is 26.1 Å². The second-order valence-corrected chi connectivity index (χ2v) is 6.49. The van der Waals surface area contributed by atoms with Crippen LogP contribution >= 0.6 is 0 Å². The fraction of sp³-hybridized carbons (Fsp3) is 0.462. The number of sulfonamides is 1. The van der Waals surface area contributed by atoms with E-state index in [0.717, 1.165) is 0 Å². The molecule has 116 valence electrons. The molecular weight excluding hydrogens is 294 g/mol. The van der Waals surface area contributed by atoms with Crippen molar-refractivity contribution >= 4 is 15.9 Å². The molecular formula is C13H19N3O4S. The first-order chi connectivity index (χ1) is 10.0. The zero-order chi connectivity index (χ0) is 15.5. The van der Waals surface area contributed by atoms with Crippen molar-refractivity contribution in [1.82, 2.24) is 9.62 Å². The van der Waals surface area contributed by atoms with Gasteiger partial charge in [-0.25, -0.2) is 8.42 Å². The normalized spacial score (nSPS) is 20.2. The second-order valence-electron chi connectivity index (χ2n) is 4.63. The maximum absolute atomic E-state index is 12.8. The standard InChI is InChI=1S/C13H19N3O4S/c1-15-13(17)11-9-20-7-6-16(11)21(18,19)12-5-3-2-4-10(12)8-14/h2-5,11H,6-9,14H2,1H3,(H,15,17). The number of hydrogen-bond donors (Lipinski definition) is 2. The lowest BCUT2D eigenvalue weighted by molar-refractivity contribution is -0.128. The minimum Gasteiger partial charge on any atom is -0.378 e. The highest BCUT2D eigenvalue weighted by Crippen LogP contribution is 2.23. The summed E-state index contributed by atoms with van der Waals surface area (Å²) in [6.07, 6.45) is 0. The van der Waals surface area contributed by atoms with Gasteiger partial charge in [-0.1, -0.05) is 18.2 Å². The maximum Gasteiger partial charge on any atom is 0.244 e. The van der Waals surface area contributed by atoms with Gasteiger partial charge in [0.25, 0.3) is 0 Å². The first kappa shape index (κ1) is 15.9. The van der Waals surface area contributed by atoms with Crippen LogP contribution < -0.4 is 11.1 Å². The molecule has 1 amide bonds. The molecule has 1 aliphatic heterocycles. The van der Waals surface area contributed by atoms with Gasteiger partial charge >= 0.3 is 0 Å². The summed E-state index contributed by atoms with van der Waals surface area (Å²) in [5, 5.41) is 2.47. The molecule has 0 radical (unpaired) electrons. The summed E-state index contributed by atoms with van der Waals surface area (Å²) in [7, 11) is -2.33. The molecule has 1 fully saturated rings. The molecule has 1 unspecified atom stereocenters. The highest BCUT2D eigenvalue weighted by atomic mass is 32.2. The lowest BCUT2D eigenvalue weighted by Crippen LogP contribution is -2.55. The van der Waals surface area contributed by atoms with E-state index in [1.54, 1.807) is 18.2 Å². The van der Waals surface area contributed by atoms with Gasteiger partial charge in [0.2, 0.25) is 15.9 Å². The van der Waals surface area contributed by atoms with Crippen molar-refractivity contribution < 1.29 is 17.9 Å². The predicted molar refractivity (Wildman–Crippen MR) is 76.9 cm³/mol. The fourth-order valence-corrected chi connectivity index (χ4v) is 4.09. The molecule has 2 rings (SSSR count). The number of nitrogens with one attached hydrogen (secondary N) is 1. The van der Waals surface area contributed by atoms with Gasteiger partial charge in [0.1, 0.15) is 6.04 Å². The SMILES string of the molecule is CNC(=O)C1COCCN1S(=O)(=O)c1ccccc1CN. The largest absolute Gasteiger partial charge is 0.378 e. The first-order valence-corrected chi connectivity index (χ1v) is 8.05. The number of morpholine rings is 1. The lowest BCUT2D eigenvalue weighted by atomic mass is 10.2. The molecule has 0 aromatic heterocycles. The molecule has 21 heavy (non-hydrogen) atoms. The highest BCUT2D eigenvalue weighted by molar-refractivity contribution is 7.89. The third-order valence-corrected chi connectivity index (χ3v) is 5.42. The Bertz CT molecular complexity index is 618. The zero-order valence-corrected chi connectivity index (χ0v) is 12.6. The van der Waals surface area contributed by atoms with Crippen molar-refractivity contribution in [1.29, 1.82) is 0 Å². The lowest BCUT2D eigenvalue weighted by Gasteiger charge is -2.33. The molecule has 1 saturated heterocycles. The molecule has 7 nitrogen and oxygen atoms in total. The third kappa shape index (κ3) is 3.08. The Morgan fingerprint density at radius 1 is 1.48 bits per heavy atom. The molecule has 0 bridgehead atoms. The van der Waals surface area contributed by atoms with Crippen LogP contribution in [0.15, 0.2) is 29.2 Å². The smallest absolute Gasteiger partial charge is 0.244 e. The molecule has 3 N–H and O–H groups in total. The molecule has 0 aliphatic carbocycles. The Kier molecular flexibility index (Phi) is 4.94. The molecule has 0 saturated carbocycles. The molecule has 1 atom stereocenters. The summed E-state index contributed by atoms with van der Waals surface area (Å²) in [5.74, 6) is -0.386. The summed E-state index contributed by atoms with van der Waals surface area (Å²) < 4.78 is 32.1. The van der Waals surface area contributed by atoms with Crippen molar-refractivity contribution in [2.75, 3.05) is 26.8 Å². The molecule has 8 heteroatoms. The van der Waals surface area contributed by atoms with Gasteiger partial charge in [0.05, 0.1) is 18.1 Å². The summed E-state index contributed by atoms with van der Waals surface area (Å²) in [4.78, 5) is 12.0. The van der Waals surface area contributed by atoms with E-state index in [-0.39, 0.29) is 37.1 Å². The number of hydrogen-bond acceptors (Lipinski definition) is 5. The Balaban J connectivity index is 2.43. The molecule has 1 aromatic carbocycles. The molecule has 1 aromatic rings. The topological polar surface area (TPSA) is 102 Å². The van der Waals surface area contributed by atoms with E-state index >= 15 is 0 Å². The fourth-order valence-electron chi connectivity index (χ4n) is 2.30. The van der Waals surface area contributed by atoms with Crippen LogP contribution in [0.4, 0.5) is 0 Å². The van der Waals surface area contributed by atoms with E-state index in [1.807, 2.05) is 0 Å². The van der Waals surface area contributed by atoms with E-state index in [9.17, 15) is 13.2 Å². The summed E-state index contributed by atoms with van der Waals surface area (Å²) >= 11 is 0. The summed E-state index contributed by atoms with van der Waals surface area (Å²) in [6.45, 7) is 0.560. The highest BCUT2D eigenvalue weighted by Gasteiger charge is 2.38. The van der Waals surface area contributed by atoms with Gasteiger partial charge in [0.15, 0.2) is 0 Å². The quantitative estimate of drug-likeness (QED) is 0.764. The molecule has 1 heterocycles. The van der Waals surface area contributed by atoms with Gasteiger partial charge in [-0.15, -0.1) is 0 Å². The van der Waals surface area contributed by atoms with E-state index in [4.69, 9.17) is 10.5 Å². The van der Waals surface area contributed by atoms with Crippen LogP contribution in [0.3, 0.4) is 0 Å². The Labute approximate surface area is 124 Å². The van der Waals surface area contributed by atoms with Crippen LogP contribution in [0.5, 0.6) is 0 Å². The maximum atomic E-state index is 12.8. The van der Waals surface area contributed by atoms with Gasteiger partial charge in [-0.05, 0) is 11.6 Å². The van der Waals surface area contributed by atoms with Crippen LogP contribution in [0.1, 0.15) is 5.56 Å². The van der Waals surface area contributed by atoms with Crippen molar-refractivity contribution in [3.8, 4) is 0 Å². The zero-order valence-electron chi connectivity index (χ0n) is 11.8. The Morgan fingerprint density at radius 2 is 2.19 bits per heavy atom. The van der Waals surface area contributed by atoms with Crippen molar-refractivity contribution in [3.63, 3.8) is 0 Å². The van der Waals surface area contributed by atoms with Crippen molar-refractivity contribution in [2.24, 2.45) is 5.73 Å².